The van der Waals surface area contributed by atoms with Gasteiger partial charge in [0.15, 0.2) is 0 Å². The molecule has 0 aliphatic heterocycles. The lowest BCUT2D eigenvalue weighted by atomic mass is 10.2. The van der Waals surface area contributed by atoms with Crippen LogP contribution in [0.5, 0.6) is 0 Å². The molecule has 0 atom stereocenters. The largest absolute Gasteiger partial charge is 0.483 e. The Morgan fingerprint density at radius 3 is 2.44 bits per heavy atom. The molecule has 0 heterocycles. The van der Waals surface area contributed by atoms with Crippen LogP contribution in [0, 0.1) is 17.0 Å². The van der Waals surface area contributed by atoms with Crippen molar-refractivity contribution < 1.29 is 19.6 Å². The van der Waals surface area contributed by atoms with Crippen molar-refractivity contribution >= 4 is 24.3 Å². The number of nitro groups is 1. The van der Waals surface area contributed by atoms with Gasteiger partial charge in [0.2, 0.25) is 6.41 Å². The molecule has 0 aliphatic carbocycles. The first-order valence-electron chi connectivity index (χ1n) is 4.10. The van der Waals surface area contributed by atoms with Crippen LogP contribution >= 0.6 is 0 Å². The van der Waals surface area contributed by atoms with Crippen molar-refractivity contribution in [2.75, 3.05) is 5.32 Å². The molecular weight excluding hydrogens is 216 g/mol. The highest BCUT2D eigenvalue weighted by molar-refractivity contribution is 5.79. The summed E-state index contributed by atoms with van der Waals surface area (Å²) in [5, 5.41) is 19.7. The normalized spacial score (nSPS) is 8.31. The number of nitrogens with one attached hydrogen (secondary N) is 1. The molecule has 0 aliphatic rings. The van der Waals surface area contributed by atoms with Gasteiger partial charge in [-0.05, 0) is 12.5 Å². The zero-order chi connectivity index (χ0) is 12.6. The number of anilines is 1. The van der Waals surface area contributed by atoms with Crippen molar-refractivity contribution in [2.24, 2.45) is 0 Å². The Morgan fingerprint density at radius 2 is 2.00 bits per heavy atom. The van der Waals surface area contributed by atoms with E-state index in [1.54, 1.807) is 19.1 Å². The number of hydrogen-bond acceptors (Lipinski definition) is 4. The van der Waals surface area contributed by atoms with Crippen molar-refractivity contribution in [1.29, 1.82) is 0 Å². The van der Waals surface area contributed by atoms with Gasteiger partial charge in [0, 0.05) is 6.07 Å². The number of benzene rings is 1. The molecule has 2 N–H and O–H groups in total. The summed E-state index contributed by atoms with van der Waals surface area (Å²) in [7, 11) is 0. The van der Waals surface area contributed by atoms with Crippen LogP contribution in [0.4, 0.5) is 11.4 Å². The van der Waals surface area contributed by atoms with Crippen LogP contribution in [0.25, 0.3) is 0 Å². The lowest BCUT2D eigenvalue weighted by Gasteiger charge is -2.03. The lowest BCUT2D eigenvalue weighted by Crippen LogP contribution is -2.01. The molecule has 0 radical (unpaired) electrons. The smallest absolute Gasteiger partial charge is 0.293 e. The fourth-order valence-corrected chi connectivity index (χ4v) is 1.05. The van der Waals surface area contributed by atoms with E-state index in [9.17, 15) is 14.9 Å². The van der Waals surface area contributed by atoms with Gasteiger partial charge in [-0.2, -0.15) is 0 Å². The van der Waals surface area contributed by atoms with Gasteiger partial charge in [0.1, 0.15) is 5.69 Å². The van der Waals surface area contributed by atoms with Crippen LogP contribution in [-0.4, -0.2) is 22.9 Å². The molecule has 0 saturated heterocycles. The third kappa shape index (κ3) is 3.74. The Labute approximate surface area is 90.9 Å². The molecule has 1 amide bonds. The van der Waals surface area contributed by atoms with E-state index < -0.39 is 4.92 Å². The number of aryl methyl sites for hydroxylation is 1. The SMILES string of the molecule is Cc1cccc([N+](=O)[O-])c1NC=O.O=CO. The zero-order valence-corrected chi connectivity index (χ0v) is 8.41. The number of para-hydroxylation sites is 1. The first kappa shape index (κ1) is 13.6. The Bertz CT molecular complexity index is 391. The summed E-state index contributed by atoms with van der Waals surface area (Å²) in [4.78, 5) is 28.5. The highest BCUT2D eigenvalue weighted by atomic mass is 16.6. The van der Waals surface area contributed by atoms with E-state index in [-0.39, 0.29) is 17.8 Å². The van der Waals surface area contributed by atoms with E-state index in [0.29, 0.717) is 12.0 Å². The Hall–Kier alpha value is -2.44. The monoisotopic (exact) mass is 226 g/mol. The predicted molar refractivity (Wildman–Crippen MR) is 56.2 cm³/mol. The van der Waals surface area contributed by atoms with Gasteiger partial charge < -0.3 is 10.4 Å². The summed E-state index contributed by atoms with van der Waals surface area (Å²) in [5.41, 5.74) is 0.830. The van der Waals surface area contributed by atoms with E-state index >= 15 is 0 Å². The van der Waals surface area contributed by atoms with Gasteiger partial charge in [-0.15, -0.1) is 0 Å². The number of nitro benzene ring substituents is 1. The molecule has 0 aromatic heterocycles. The molecule has 0 saturated carbocycles. The van der Waals surface area contributed by atoms with Crippen molar-refractivity contribution in [3.63, 3.8) is 0 Å². The fraction of sp³-hybridized carbons (Fsp3) is 0.111. The molecule has 1 rings (SSSR count). The number of carbonyl (C=O) groups excluding carboxylic acids is 1. The minimum Gasteiger partial charge on any atom is -0.483 e. The topological polar surface area (TPSA) is 110 Å². The van der Waals surface area contributed by atoms with Gasteiger partial charge in [-0.3, -0.25) is 19.7 Å². The van der Waals surface area contributed by atoms with Crippen molar-refractivity contribution in [1.82, 2.24) is 0 Å². The highest BCUT2D eigenvalue weighted by Crippen LogP contribution is 2.26. The lowest BCUT2D eigenvalue weighted by molar-refractivity contribution is -0.384. The highest BCUT2D eigenvalue weighted by Gasteiger charge is 2.13. The number of nitrogens with zero attached hydrogens (tertiary/aromatic N) is 1. The summed E-state index contributed by atoms with van der Waals surface area (Å²) in [6.07, 6.45) is 0.426. The fourth-order valence-electron chi connectivity index (χ4n) is 1.05. The first-order chi connectivity index (χ1) is 7.58. The maximum atomic E-state index is 10.5. The molecular formula is C9H10N2O5. The number of hydrogen-bond donors (Lipinski definition) is 2. The maximum absolute atomic E-state index is 10.5. The summed E-state index contributed by atoms with van der Waals surface area (Å²) in [6, 6.07) is 4.61. The van der Waals surface area contributed by atoms with E-state index in [2.05, 4.69) is 5.32 Å². The standard InChI is InChI=1S/C8H8N2O3.CH2O2/c1-6-3-2-4-7(10(12)13)8(6)9-5-11;2-1-3/h2-5H,1H3,(H,9,11);1H,(H,2,3). The van der Waals surface area contributed by atoms with Crippen LogP contribution in [0.3, 0.4) is 0 Å². The predicted octanol–water partition coefficient (Wildman–Crippen LogP) is 1.17. The van der Waals surface area contributed by atoms with E-state index in [1.807, 2.05) is 0 Å². The number of carbonyl (C=O) groups is 2. The Morgan fingerprint density at radius 1 is 1.44 bits per heavy atom. The molecule has 16 heavy (non-hydrogen) atoms. The Kier molecular flexibility index (Phi) is 5.88. The average molecular weight is 226 g/mol. The van der Waals surface area contributed by atoms with Gasteiger partial charge >= 0.3 is 0 Å². The summed E-state index contributed by atoms with van der Waals surface area (Å²) < 4.78 is 0. The third-order valence-corrected chi connectivity index (χ3v) is 1.65. The summed E-state index contributed by atoms with van der Waals surface area (Å²) in [5.74, 6) is 0. The molecule has 0 bridgehead atoms. The second-order valence-electron chi connectivity index (χ2n) is 2.59. The van der Waals surface area contributed by atoms with Crippen molar-refractivity contribution in [3.05, 3.63) is 33.9 Å². The van der Waals surface area contributed by atoms with Crippen molar-refractivity contribution in [3.8, 4) is 0 Å². The number of rotatable bonds is 3. The van der Waals surface area contributed by atoms with Gasteiger partial charge in [-0.25, -0.2) is 0 Å². The van der Waals surface area contributed by atoms with E-state index in [4.69, 9.17) is 9.90 Å². The summed E-state index contributed by atoms with van der Waals surface area (Å²) in [6.45, 7) is 1.44. The van der Waals surface area contributed by atoms with Crippen LogP contribution in [0.2, 0.25) is 0 Å². The second-order valence-corrected chi connectivity index (χ2v) is 2.59. The Balaban J connectivity index is 0.000000673. The zero-order valence-electron chi connectivity index (χ0n) is 8.41. The minimum absolute atomic E-state index is 0.0906. The molecule has 86 valence electrons. The minimum atomic E-state index is -0.529. The maximum Gasteiger partial charge on any atom is 0.293 e. The average Bonchev–Trinajstić information content (AvgIpc) is 2.22. The number of carboxylic acid groups (broad SMARTS) is 1. The van der Waals surface area contributed by atoms with E-state index in [1.165, 1.54) is 6.07 Å². The van der Waals surface area contributed by atoms with Gasteiger partial charge in [0.25, 0.3) is 12.2 Å². The second kappa shape index (κ2) is 6.93. The van der Waals surface area contributed by atoms with Crippen LogP contribution in [0.1, 0.15) is 5.56 Å². The van der Waals surface area contributed by atoms with E-state index in [0.717, 1.165) is 0 Å². The quantitative estimate of drug-likeness (QED) is 0.456. The van der Waals surface area contributed by atoms with Crippen LogP contribution in [0.15, 0.2) is 18.2 Å². The third-order valence-electron chi connectivity index (χ3n) is 1.65. The van der Waals surface area contributed by atoms with Gasteiger partial charge in [0.05, 0.1) is 4.92 Å². The van der Waals surface area contributed by atoms with Crippen LogP contribution in [-0.2, 0) is 9.59 Å². The summed E-state index contributed by atoms with van der Waals surface area (Å²) >= 11 is 0. The van der Waals surface area contributed by atoms with Crippen molar-refractivity contribution in [2.45, 2.75) is 6.92 Å². The number of amides is 1. The molecule has 1 aromatic rings. The molecule has 0 fully saturated rings. The molecule has 7 nitrogen and oxygen atoms in total. The molecule has 7 heteroatoms. The molecule has 0 unspecified atom stereocenters. The van der Waals surface area contributed by atoms with Gasteiger partial charge in [-0.1, -0.05) is 12.1 Å². The van der Waals surface area contributed by atoms with Crippen LogP contribution < -0.4 is 5.32 Å². The first-order valence-corrected chi connectivity index (χ1v) is 4.10. The molecule has 1 aromatic carbocycles. The molecule has 0 spiro atoms.